The van der Waals surface area contributed by atoms with E-state index < -0.39 is 0 Å². The molecule has 0 aliphatic rings. The maximum atomic E-state index is 5.33. The summed E-state index contributed by atoms with van der Waals surface area (Å²) >= 11 is 0. The number of hydrogen-bond acceptors (Lipinski definition) is 1. The van der Waals surface area contributed by atoms with E-state index in [0.717, 1.165) is 0 Å². The van der Waals surface area contributed by atoms with E-state index in [1.807, 2.05) is 0 Å². The van der Waals surface area contributed by atoms with Crippen molar-refractivity contribution in [1.82, 2.24) is 0 Å². The minimum atomic E-state index is 0.350. The molecule has 0 aromatic heterocycles. The number of ether oxygens (including phenoxy) is 1. The third-order valence-electron chi connectivity index (χ3n) is 1.42. The number of rotatable bonds is 4. The van der Waals surface area contributed by atoms with E-state index >= 15 is 0 Å². The minimum absolute atomic E-state index is 0.350. The summed E-state index contributed by atoms with van der Waals surface area (Å²) in [5, 5.41) is 0. The van der Waals surface area contributed by atoms with E-state index in [-0.39, 0.29) is 0 Å². The molecule has 1 heteroatoms. The summed E-state index contributed by atoms with van der Waals surface area (Å²) in [5.74, 6) is 0.602. The summed E-state index contributed by atoms with van der Waals surface area (Å²) in [6, 6.07) is 0. The topological polar surface area (TPSA) is 9.23 Å². The van der Waals surface area contributed by atoms with E-state index in [9.17, 15) is 0 Å². The summed E-state index contributed by atoms with van der Waals surface area (Å²) in [6.07, 6.45) is 2.13. The standard InChI is InChI=1S/C8H16O/c1-5-6-9-8(4)7(2)3/h5,7-8H,1,6H2,2-4H3/t8-/m1/s1. The molecule has 0 saturated carbocycles. The zero-order valence-electron chi connectivity index (χ0n) is 6.55. The molecule has 0 rings (SSSR count). The predicted molar refractivity (Wildman–Crippen MR) is 40.4 cm³/mol. The summed E-state index contributed by atoms with van der Waals surface area (Å²) in [7, 11) is 0. The lowest BCUT2D eigenvalue weighted by molar-refractivity contribution is 0.0547. The van der Waals surface area contributed by atoms with Gasteiger partial charge < -0.3 is 4.74 Å². The van der Waals surface area contributed by atoms with Crippen LogP contribution in [0.4, 0.5) is 0 Å². The normalized spacial score (nSPS) is 13.8. The highest BCUT2D eigenvalue weighted by molar-refractivity contribution is 4.66. The van der Waals surface area contributed by atoms with Crippen LogP contribution in [0.3, 0.4) is 0 Å². The van der Waals surface area contributed by atoms with Gasteiger partial charge in [-0.15, -0.1) is 6.58 Å². The second-order valence-electron chi connectivity index (χ2n) is 2.57. The van der Waals surface area contributed by atoms with Crippen molar-refractivity contribution in [2.45, 2.75) is 26.9 Å². The minimum Gasteiger partial charge on any atom is -0.374 e. The fourth-order valence-electron chi connectivity index (χ4n) is 0.412. The molecule has 1 atom stereocenters. The Morgan fingerprint density at radius 2 is 2.00 bits per heavy atom. The fourth-order valence-corrected chi connectivity index (χ4v) is 0.412. The van der Waals surface area contributed by atoms with Gasteiger partial charge >= 0.3 is 0 Å². The van der Waals surface area contributed by atoms with Gasteiger partial charge in [-0.05, 0) is 12.8 Å². The van der Waals surface area contributed by atoms with Gasteiger partial charge in [0.25, 0.3) is 0 Å². The van der Waals surface area contributed by atoms with E-state index in [1.165, 1.54) is 0 Å². The van der Waals surface area contributed by atoms with E-state index in [2.05, 4.69) is 27.4 Å². The van der Waals surface area contributed by atoms with Gasteiger partial charge in [-0.25, -0.2) is 0 Å². The lowest BCUT2D eigenvalue weighted by Crippen LogP contribution is -2.14. The first-order valence-corrected chi connectivity index (χ1v) is 3.41. The van der Waals surface area contributed by atoms with Crippen molar-refractivity contribution in [3.05, 3.63) is 12.7 Å². The molecule has 0 N–H and O–H groups in total. The summed E-state index contributed by atoms with van der Waals surface area (Å²) in [5.41, 5.74) is 0. The van der Waals surface area contributed by atoms with Crippen LogP contribution in [0, 0.1) is 5.92 Å². The molecule has 9 heavy (non-hydrogen) atoms. The Labute approximate surface area is 57.7 Å². The molecule has 0 spiro atoms. The molecule has 0 bridgehead atoms. The van der Waals surface area contributed by atoms with Crippen LogP contribution >= 0.6 is 0 Å². The molecule has 1 nitrogen and oxygen atoms in total. The van der Waals surface area contributed by atoms with Gasteiger partial charge in [0.1, 0.15) is 0 Å². The Bertz CT molecular complexity index is 76.6. The van der Waals surface area contributed by atoms with Crippen LogP contribution in [0.25, 0.3) is 0 Å². The van der Waals surface area contributed by atoms with Crippen LogP contribution in [-0.2, 0) is 4.74 Å². The second-order valence-corrected chi connectivity index (χ2v) is 2.57. The lowest BCUT2D eigenvalue weighted by Gasteiger charge is -2.14. The molecule has 0 unspecified atom stereocenters. The molecule has 0 fully saturated rings. The monoisotopic (exact) mass is 128 g/mol. The highest BCUT2D eigenvalue weighted by Crippen LogP contribution is 2.03. The quantitative estimate of drug-likeness (QED) is 0.527. The first kappa shape index (κ1) is 8.70. The van der Waals surface area contributed by atoms with Gasteiger partial charge in [0.05, 0.1) is 12.7 Å². The van der Waals surface area contributed by atoms with Gasteiger partial charge in [-0.1, -0.05) is 19.9 Å². The van der Waals surface area contributed by atoms with Crippen molar-refractivity contribution < 1.29 is 4.74 Å². The van der Waals surface area contributed by atoms with E-state index in [0.29, 0.717) is 18.6 Å². The Hall–Kier alpha value is -0.300. The highest BCUT2D eigenvalue weighted by Gasteiger charge is 2.04. The molecule has 0 amide bonds. The summed E-state index contributed by atoms with van der Waals surface area (Å²) in [4.78, 5) is 0. The Kier molecular flexibility index (Phi) is 4.41. The molecule has 0 aromatic rings. The van der Waals surface area contributed by atoms with Gasteiger partial charge in [-0.3, -0.25) is 0 Å². The van der Waals surface area contributed by atoms with Gasteiger partial charge in [-0.2, -0.15) is 0 Å². The van der Waals surface area contributed by atoms with Crippen molar-refractivity contribution in [3.63, 3.8) is 0 Å². The molecule has 0 aromatic carbocycles. The maximum absolute atomic E-state index is 5.33. The maximum Gasteiger partial charge on any atom is 0.0648 e. The van der Waals surface area contributed by atoms with Crippen LogP contribution in [0.5, 0.6) is 0 Å². The largest absolute Gasteiger partial charge is 0.374 e. The third kappa shape index (κ3) is 4.22. The van der Waals surface area contributed by atoms with Gasteiger partial charge in [0.15, 0.2) is 0 Å². The zero-order chi connectivity index (χ0) is 7.28. The molecule has 0 saturated heterocycles. The Morgan fingerprint density at radius 3 is 2.33 bits per heavy atom. The van der Waals surface area contributed by atoms with E-state index in [4.69, 9.17) is 4.74 Å². The van der Waals surface area contributed by atoms with Crippen molar-refractivity contribution in [2.24, 2.45) is 5.92 Å². The molecular weight excluding hydrogens is 112 g/mol. The SMILES string of the molecule is C=CCO[C@H](C)C(C)C. The van der Waals surface area contributed by atoms with Crippen LogP contribution in [0.2, 0.25) is 0 Å². The average molecular weight is 128 g/mol. The average Bonchev–Trinajstić information content (AvgIpc) is 1.82. The highest BCUT2D eigenvalue weighted by atomic mass is 16.5. The first-order valence-electron chi connectivity index (χ1n) is 3.41. The first-order chi connectivity index (χ1) is 4.18. The van der Waals surface area contributed by atoms with Gasteiger partial charge in [0.2, 0.25) is 0 Å². The van der Waals surface area contributed by atoms with Crippen LogP contribution < -0.4 is 0 Å². The molecule has 0 radical (unpaired) electrons. The molecule has 0 aliphatic heterocycles. The van der Waals surface area contributed by atoms with Crippen LogP contribution in [0.1, 0.15) is 20.8 Å². The van der Waals surface area contributed by atoms with Crippen molar-refractivity contribution in [3.8, 4) is 0 Å². The van der Waals surface area contributed by atoms with E-state index in [1.54, 1.807) is 6.08 Å². The predicted octanol–water partition coefficient (Wildman–Crippen LogP) is 2.23. The zero-order valence-corrected chi connectivity index (χ0v) is 6.55. The summed E-state index contributed by atoms with van der Waals surface area (Å²) < 4.78 is 5.33. The second kappa shape index (κ2) is 4.57. The van der Waals surface area contributed by atoms with Crippen LogP contribution in [-0.4, -0.2) is 12.7 Å². The molecule has 0 aliphatic carbocycles. The van der Waals surface area contributed by atoms with Crippen molar-refractivity contribution in [1.29, 1.82) is 0 Å². The molecule has 0 heterocycles. The lowest BCUT2D eigenvalue weighted by atomic mass is 10.1. The summed E-state index contributed by atoms with van der Waals surface area (Å²) in [6.45, 7) is 10.6. The smallest absolute Gasteiger partial charge is 0.0648 e. The Morgan fingerprint density at radius 1 is 1.44 bits per heavy atom. The van der Waals surface area contributed by atoms with Crippen molar-refractivity contribution in [2.75, 3.05) is 6.61 Å². The van der Waals surface area contributed by atoms with Gasteiger partial charge in [0, 0.05) is 0 Å². The fraction of sp³-hybridized carbons (Fsp3) is 0.750. The van der Waals surface area contributed by atoms with Crippen LogP contribution in [0.15, 0.2) is 12.7 Å². The third-order valence-corrected chi connectivity index (χ3v) is 1.42. The molecular formula is C8H16O. The number of hydrogen-bond donors (Lipinski definition) is 0. The Balaban J connectivity index is 3.26. The molecule has 54 valence electrons. The van der Waals surface area contributed by atoms with Crippen molar-refractivity contribution >= 4 is 0 Å².